The maximum absolute atomic E-state index is 11.9. The number of halogens is 1. The van der Waals surface area contributed by atoms with Crippen LogP contribution in [0.15, 0.2) is 48.5 Å². The molecule has 1 amide bonds. The maximum atomic E-state index is 11.9. The number of alkyl carbamates (subject to hydrolysis) is 1. The Morgan fingerprint density at radius 2 is 1.92 bits per heavy atom. The van der Waals surface area contributed by atoms with Crippen molar-refractivity contribution in [3.8, 4) is 5.75 Å². The van der Waals surface area contributed by atoms with Crippen LogP contribution in [0.2, 0.25) is 5.02 Å². The van der Waals surface area contributed by atoms with Gasteiger partial charge in [0, 0.05) is 17.1 Å². The lowest BCUT2D eigenvalue weighted by Crippen LogP contribution is -2.49. The van der Waals surface area contributed by atoms with E-state index in [4.69, 9.17) is 21.1 Å². The van der Waals surface area contributed by atoms with Crippen LogP contribution in [0.1, 0.15) is 25.3 Å². The summed E-state index contributed by atoms with van der Waals surface area (Å²) in [6.45, 7) is 2.82. The van der Waals surface area contributed by atoms with Crippen molar-refractivity contribution in [1.29, 1.82) is 0 Å². The Balaban J connectivity index is 1.42. The number of carbonyl (C=O) groups excluding carboxylic acids is 1. The minimum atomic E-state index is -0.380. The zero-order valence-corrected chi connectivity index (χ0v) is 15.5. The molecular weight excluding hydrogens is 352 g/mol. The third-order valence-electron chi connectivity index (χ3n) is 4.27. The number of ether oxygens (including phenoxy) is 2. The lowest BCUT2D eigenvalue weighted by molar-refractivity contribution is 0.129. The van der Waals surface area contributed by atoms with E-state index in [9.17, 15) is 4.79 Å². The second kappa shape index (κ2) is 8.81. The lowest BCUT2D eigenvalue weighted by Gasteiger charge is -2.36. The molecule has 0 aromatic heterocycles. The summed E-state index contributed by atoms with van der Waals surface area (Å²) in [7, 11) is 0. The summed E-state index contributed by atoms with van der Waals surface area (Å²) in [5.74, 6) is 0.788. The van der Waals surface area contributed by atoms with E-state index in [-0.39, 0.29) is 24.8 Å². The standard InChI is InChI=1S/C20H23ClN2O3/c1-2-25-19-9-8-15(21)10-18(19)22-16-11-17(12-16)23-20(24)26-13-14-6-4-3-5-7-14/h3-10,16-17,22H,2,11-13H2,1H3,(H,23,24). The van der Waals surface area contributed by atoms with Gasteiger partial charge in [0.1, 0.15) is 12.4 Å². The van der Waals surface area contributed by atoms with Crippen molar-refractivity contribution in [3.05, 3.63) is 59.1 Å². The number of benzene rings is 2. The largest absolute Gasteiger partial charge is 0.492 e. The first-order valence-electron chi connectivity index (χ1n) is 8.80. The molecular formula is C20H23ClN2O3. The van der Waals surface area contributed by atoms with Gasteiger partial charge in [-0.1, -0.05) is 41.9 Å². The summed E-state index contributed by atoms with van der Waals surface area (Å²) >= 11 is 6.08. The topological polar surface area (TPSA) is 59.6 Å². The van der Waals surface area contributed by atoms with Crippen LogP contribution in [0.4, 0.5) is 10.5 Å². The molecule has 2 N–H and O–H groups in total. The van der Waals surface area contributed by atoms with E-state index in [0.717, 1.165) is 29.8 Å². The Labute approximate surface area is 158 Å². The number of hydrogen-bond acceptors (Lipinski definition) is 4. The summed E-state index contributed by atoms with van der Waals surface area (Å²) in [6.07, 6.45) is 1.28. The number of amides is 1. The van der Waals surface area contributed by atoms with Gasteiger partial charge in [-0.25, -0.2) is 4.79 Å². The van der Waals surface area contributed by atoms with Crippen LogP contribution in [-0.2, 0) is 11.3 Å². The second-order valence-corrected chi connectivity index (χ2v) is 6.73. The highest BCUT2D eigenvalue weighted by molar-refractivity contribution is 6.30. The number of rotatable bonds is 7. The molecule has 1 saturated carbocycles. The molecule has 1 aliphatic rings. The van der Waals surface area contributed by atoms with Crippen molar-refractivity contribution in [2.45, 2.75) is 38.5 Å². The van der Waals surface area contributed by atoms with Gasteiger partial charge >= 0.3 is 6.09 Å². The highest BCUT2D eigenvalue weighted by Gasteiger charge is 2.31. The molecule has 1 fully saturated rings. The highest BCUT2D eigenvalue weighted by atomic mass is 35.5. The SMILES string of the molecule is CCOc1ccc(Cl)cc1NC1CC(NC(=O)OCc2ccccc2)C1. The molecule has 5 nitrogen and oxygen atoms in total. The zero-order chi connectivity index (χ0) is 18.4. The molecule has 0 aliphatic heterocycles. The van der Waals surface area contributed by atoms with Gasteiger partial charge in [0.15, 0.2) is 0 Å². The Morgan fingerprint density at radius 3 is 2.65 bits per heavy atom. The minimum Gasteiger partial charge on any atom is -0.492 e. The number of carbonyl (C=O) groups is 1. The van der Waals surface area contributed by atoms with Gasteiger partial charge in [-0.2, -0.15) is 0 Å². The van der Waals surface area contributed by atoms with E-state index >= 15 is 0 Å². The summed E-state index contributed by atoms with van der Waals surface area (Å²) < 4.78 is 10.9. The third-order valence-corrected chi connectivity index (χ3v) is 4.51. The second-order valence-electron chi connectivity index (χ2n) is 6.29. The number of hydrogen-bond donors (Lipinski definition) is 2. The van der Waals surface area contributed by atoms with E-state index in [2.05, 4.69) is 10.6 Å². The quantitative estimate of drug-likeness (QED) is 0.743. The van der Waals surface area contributed by atoms with E-state index in [1.54, 1.807) is 0 Å². The molecule has 0 heterocycles. The first-order chi connectivity index (χ1) is 12.6. The predicted molar refractivity (Wildman–Crippen MR) is 103 cm³/mol. The lowest BCUT2D eigenvalue weighted by atomic mass is 9.86. The van der Waals surface area contributed by atoms with Crippen LogP contribution in [0.5, 0.6) is 5.75 Å². The van der Waals surface area contributed by atoms with Crippen molar-refractivity contribution < 1.29 is 14.3 Å². The molecule has 2 aromatic rings. The van der Waals surface area contributed by atoms with E-state index < -0.39 is 0 Å². The van der Waals surface area contributed by atoms with Crippen LogP contribution < -0.4 is 15.4 Å². The monoisotopic (exact) mass is 374 g/mol. The van der Waals surface area contributed by atoms with Crippen LogP contribution >= 0.6 is 11.6 Å². The van der Waals surface area contributed by atoms with Gasteiger partial charge < -0.3 is 20.1 Å². The molecule has 138 valence electrons. The molecule has 0 radical (unpaired) electrons. The molecule has 0 bridgehead atoms. The fourth-order valence-electron chi connectivity index (χ4n) is 2.90. The first kappa shape index (κ1) is 18.4. The molecule has 1 aliphatic carbocycles. The summed E-state index contributed by atoms with van der Waals surface area (Å²) in [4.78, 5) is 11.9. The fraction of sp³-hybridized carbons (Fsp3) is 0.350. The Hall–Kier alpha value is -2.40. The molecule has 6 heteroatoms. The van der Waals surface area contributed by atoms with Gasteiger partial charge in [-0.15, -0.1) is 0 Å². The Kier molecular flexibility index (Phi) is 6.23. The van der Waals surface area contributed by atoms with Crippen molar-refractivity contribution >= 4 is 23.4 Å². The molecule has 0 unspecified atom stereocenters. The minimum absolute atomic E-state index is 0.116. The third kappa shape index (κ3) is 5.05. The summed E-state index contributed by atoms with van der Waals surface area (Å²) in [5.41, 5.74) is 1.86. The maximum Gasteiger partial charge on any atom is 0.407 e. The summed E-state index contributed by atoms with van der Waals surface area (Å²) in [6, 6.07) is 15.6. The van der Waals surface area contributed by atoms with E-state index in [0.29, 0.717) is 11.6 Å². The normalized spacial score (nSPS) is 18.5. The van der Waals surface area contributed by atoms with Crippen molar-refractivity contribution in [2.24, 2.45) is 0 Å². The first-order valence-corrected chi connectivity index (χ1v) is 9.18. The van der Waals surface area contributed by atoms with Gasteiger partial charge in [0.05, 0.1) is 12.3 Å². The van der Waals surface area contributed by atoms with Crippen molar-refractivity contribution in [1.82, 2.24) is 5.32 Å². The molecule has 0 saturated heterocycles. The van der Waals surface area contributed by atoms with Gasteiger partial charge in [0.2, 0.25) is 0 Å². The highest BCUT2D eigenvalue weighted by Crippen LogP contribution is 2.32. The average molecular weight is 375 g/mol. The molecule has 3 rings (SSSR count). The smallest absolute Gasteiger partial charge is 0.407 e. The Morgan fingerprint density at radius 1 is 1.15 bits per heavy atom. The zero-order valence-electron chi connectivity index (χ0n) is 14.7. The fourth-order valence-corrected chi connectivity index (χ4v) is 3.07. The van der Waals surface area contributed by atoms with E-state index in [1.807, 2.05) is 55.5 Å². The average Bonchev–Trinajstić information content (AvgIpc) is 2.61. The van der Waals surface area contributed by atoms with Gasteiger partial charge in [-0.3, -0.25) is 0 Å². The number of nitrogens with one attached hydrogen (secondary N) is 2. The molecule has 0 spiro atoms. The van der Waals surface area contributed by atoms with Crippen LogP contribution in [-0.4, -0.2) is 24.8 Å². The molecule has 0 atom stereocenters. The van der Waals surface area contributed by atoms with Gasteiger partial charge in [-0.05, 0) is 43.5 Å². The van der Waals surface area contributed by atoms with Gasteiger partial charge in [0.25, 0.3) is 0 Å². The Bertz CT molecular complexity index is 733. The van der Waals surface area contributed by atoms with Crippen LogP contribution in [0.3, 0.4) is 0 Å². The summed E-state index contributed by atoms with van der Waals surface area (Å²) in [5, 5.41) is 6.99. The van der Waals surface area contributed by atoms with Crippen LogP contribution in [0.25, 0.3) is 0 Å². The molecule has 26 heavy (non-hydrogen) atoms. The number of anilines is 1. The van der Waals surface area contributed by atoms with Crippen LogP contribution in [0, 0.1) is 0 Å². The van der Waals surface area contributed by atoms with Crippen molar-refractivity contribution in [2.75, 3.05) is 11.9 Å². The van der Waals surface area contributed by atoms with E-state index in [1.165, 1.54) is 0 Å². The predicted octanol–water partition coefficient (Wildman–Crippen LogP) is 4.61. The van der Waals surface area contributed by atoms with Crippen molar-refractivity contribution in [3.63, 3.8) is 0 Å². The molecule has 2 aromatic carbocycles.